The van der Waals surface area contributed by atoms with Crippen LogP contribution in [0.4, 0.5) is 0 Å². The van der Waals surface area contributed by atoms with Crippen molar-refractivity contribution in [2.45, 2.75) is 5.50 Å². The molecule has 0 amide bonds. The second-order valence-electron chi connectivity index (χ2n) is 2.79. The number of hydrogen-bond donors (Lipinski definition) is 1. The molecule has 0 fully saturated rings. The largest absolute Gasteiger partial charge is 0.476 e. The average Bonchev–Trinajstić information content (AvgIpc) is 1.62. The molecule has 1 unspecified atom stereocenters. The molecule has 9 heavy (non-hydrogen) atoms. The zero-order valence-corrected chi connectivity index (χ0v) is 6.51. The number of carboxylic acids is 1. The Kier molecular flexibility index (Phi) is 2.46. The molecule has 0 bridgehead atoms. The number of alkyl halides is 1. The summed E-state index contributed by atoms with van der Waals surface area (Å²) in [6.45, 7) is 0. The summed E-state index contributed by atoms with van der Waals surface area (Å²) in [5.74, 6) is -0.982. The monoisotopic (exact) mass is 152 g/mol. The van der Waals surface area contributed by atoms with Gasteiger partial charge in [-0.1, -0.05) is 0 Å². The molecular formula is C5H11ClNO2+. The Morgan fingerprint density at radius 3 is 1.89 bits per heavy atom. The first-order valence-corrected chi connectivity index (χ1v) is 2.97. The average molecular weight is 153 g/mol. The second-order valence-corrected chi connectivity index (χ2v) is 3.20. The molecule has 54 valence electrons. The number of carboxylic acid groups (broad SMARTS) is 1. The van der Waals surface area contributed by atoms with E-state index < -0.39 is 11.5 Å². The highest BCUT2D eigenvalue weighted by molar-refractivity contribution is 6.28. The fraction of sp³-hybridized carbons (Fsp3) is 0.800. The lowest BCUT2D eigenvalue weighted by Crippen LogP contribution is -2.46. The third-order valence-electron chi connectivity index (χ3n) is 0.884. The number of carbonyl (C=O) groups is 1. The van der Waals surface area contributed by atoms with Crippen LogP contribution in [-0.2, 0) is 4.79 Å². The van der Waals surface area contributed by atoms with E-state index in [1.807, 2.05) is 0 Å². The van der Waals surface area contributed by atoms with E-state index >= 15 is 0 Å². The van der Waals surface area contributed by atoms with Crippen LogP contribution in [0, 0.1) is 0 Å². The van der Waals surface area contributed by atoms with E-state index in [1.165, 1.54) is 0 Å². The molecule has 0 radical (unpaired) electrons. The summed E-state index contributed by atoms with van der Waals surface area (Å²) < 4.78 is 0.233. The predicted molar refractivity (Wildman–Crippen MR) is 35.3 cm³/mol. The smallest absolute Gasteiger partial charge is 0.379 e. The minimum Gasteiger partial charge on any atom is -0.476 e. The molecule has 0 aromatic carbocycles. The SMILES string of the molecule is C[N+](C)(C)C(Cl)C(=O)O. The Bertz CT molecular complexity index is 119. The summed E-state index contributed by atoms with van der Waals surface area (Å²) in [7, 11) is 5.18. The van der Waals surface area contributed by atoms with E-state index in [1.54, 1.807) is 21.1 Å². The van der Waals surface area contributed by atoms with Gasteiger partial charge in [0.05, 0.1) is 21.1 Å². The van der Waals surface area contributed by atoms with Crippen LogP contribution in [0.3, 0.4) is 0 Å². The summed E-state index contributed by atoms with van der Waals surface area (Å²) in [6, 6.07) is 0. The molecule has 0 aliphatic heterocycles. The molecule has 0 aliphatic rings. The standard InChI is InChI=1S/C5H10ClNO2/c1-7(2,3)4(6)5(8)9/h4H,1-3H3/p+1. The van der Waals surface area contributed by atoms with Crippen LogP contribution in [0.1, 0.15) is 0 Å². The lowest BCUT2D eigenvalue weighted by atomic mass is 10.5. The molecule has 1 N–H and O–H groups in total. The summed E-state index contributed by atoms with van der Waals surface area (Å²) in [6.07, 6.45) is 0. The predicted octanol–water partition coefficient (Wildman–Crippen LogP) is 0.342. The molecule has 0 saturated carbocycles. The molecule has 0 saturated heterocycles. The normalized spacial score (nSPS) is 15.1. The van der Waals surface area contributed by atoms with Crippen LogP contribution in [0.15, 0.2) is 0 Å². The Balaban J connectivity index is 4.04. The lowest BCUT2D eigenvalue weighted by Gasteiger charge is -2.25. The number of rotatable bonds is 2. The van der Waals surface area contributed by atoms with E-state index in [0.717, 1.165) is 0 Å². The van der Waals surface area contributed by atoms with Crippen molar-refractivity contribution in [3.05, 3.63) is 0 Å². The van der Waals surface area contributed by atoms with Gasteiger partial charge < -0.3 is 9.59 Å². The topological polar surface area (TPSA) is 37.3 Å². The quantitative estimate of drug-likeness (QED) is 0.352. The highest BCUT2D eigenvalue weighted by atomic mass is 35.5. The Morgan fingerprint density at radius 2 is 1.89 bits per heavy atom. The summed E-state index contributed by atoms with van der Waals surface area (Å²) >= 11 is 5.46. The zero-order chi connectivity index (χ0) is 7.65. The molecule has 0 aromatic heterocycles. The van der Waals surface area contributed by atoms with Crippen molar-refractivity contribution in [2.24, 2.45) is 0 Å². The fourth-order valence-corrected chi connectivity index (χ4v) is 0.331. The highest BCUT2D eigenvalue weighted by Crippen LogP contribution is 2.06. The fourth-order valence-electron chi connectivity index (χ4n) is 0.331. The van der Waals surface area contributed by atoms with Gasteiger partial charge >= 0.3 is 5.97 Å². The molecule has 0 rings (SSSR count). The summed E-state index contributed by atoms with van der Waals surface area (Å²) in [5.41, 5.74) is -0.856. The minimum atomic E-state index is -0.982. The number of nitrogens with zero attached hydrogens (tertiary/aromatic N) is 1. The molecule has 0 spiro atoms. The van der Waals surface area contributed by atoms with Crippen molar-refractivity contribution in [1.82, 2.24) is 0 Å². The van der Waals surface area contributed by atoms with E-state index in [2.05, 4.69) is 0 Å². The van der Waals surface area contributed by atoms with Crippen LogP contribution < -0.4 is 0 Å². The minimum absolute atomic E-state index is 0.233. The summed E-state index contributed by atoms with van der Waals surface area (Å²) in [5, 5.41) is 8.37. The third kappa shape index (κ3) is 2.67. The molecule has 1 atom stereocenters. The number of likely N-dealkylation sites (N-methyl/N-ethyl adjacent to an activating group) is 1. The van der Waals surface area contributed by atoms with Crippen molar-refractivity contribution in [2.75, 3.05) is 21.1 Å². The van der Waals surface area contributed by atoms with Gasteiger partial charge in [-0.2, -0.15) is 0 Å². The first-order valence-electron chi connectivity index (χ1n) is 2.53. The number of aliphatic carboxylic acids is 1. The molecule has 0 aliphatic carbocycles. The van der Waals surface area contributed by atoms with Crippen LogP contribution in [0.2, 0.25) is 0 Å². The molecule has 4 heteroatoms. The van der Waals surface area contributed by atoms with Gasteiger partial charge in [-0.15, -0.1) is 0 Å². The van der Waals surface area contributed by atoms with Crippen molar-refractivity contribution in [3.8, 4) is 0 Å². The van der Waals surface area contributed by atoms with Gasteiger partial charge in [-0.05, 0) is 11.6 Å². The maximum absolute atomic E-state index is 10.2. The number of hydrogen-bond acceptors (Lipinski definition) is 1. The molecule has 0 heterocycles. The highest BCUT2D eigenvalue weighted by Gasteiger charge is 2.27. The van der Waals surface area contributed by atoms with Gasteiger partial charge in [0, 0.05) is 0 Å². The van der Waals surface area contributed by atoms with Gasteiger partial charge in [0.1, 0.15) is 0 Å². The third-order valence-corrected chi connectivity index (χ3v) is 1.66. The van der Waals surface area contributed by atoms with E-state index in [0.29, 0.717) is 0 Å². The van der Waals surface area contributed by atoms with Crippen LogP contribution in [0.5, 0.6) is 0 Å². The van der Waals surface area contributed by atoms with Crippen LogP contribution >= 0.6 is 11.6 Å². The van der Waals surface area contributed by atoms with E-state index in [-0.39, 0.29) is 4.48 Å². The van der Waals surface area contributed by atoms with Gasteiger partial charge in [0.15, 0.2) is 0 Å². The zero-order valence-electron chi connectivity index (χ0n) is 5.76. The Hall–Kier alpha value is -0.280. The molecule has 0 aromatic rings. The van der Waals surface area contributed by atoms with Gasteiger partial charge in [-0.3, -0.25) is 0 Å². The summed E-state index contributed by atoms with van der Waals surface area (Å²) in [4.78, 5) is 10.2. The van der Waals surface area contributed by atoms with E-state index in [4.69, 9.17) is 16.7 Å². The number of quaternary nitrogens is 1. The maximum atomic E-state index is 10.2. The maximum Gasteiger partial charge on any atom is 0.379 e. The van der Waals surface area contributed by atoms with E-state index in [9.17, 15) is 4.79 Å². The van der Waals surface area contributed by atoms with Crippen molar-refractivity contribution >= 4 is 17.6 Å². The second kappa shape index (κ2) is 2.54. The lowest BCUT2D eigenvalue weighted by molar-refractivity contribution is -0.874. The van der Waals surface area contributed by atoms with Crippen molar-refractivity contribution < 1.29 is 14.4 Å². The van der Waals surface area contributed by atoms with Gasteiger partial charge in [-0.25, -0.2) is 4.79 Å². The van der Waals surface area contributed by atoms with Crippen LogP contribution in [0.25, 0.3) is 0 Å². The van der Waals surface area contributed by atoms with Crippen molar-refractivity contribution in [1.29, 1.82) is 0 Å². The Morgan fingerprint density at radius 1 is 1.56 bits per heavy atom. The Labute approximate surface area is 59.4 Å². The first-order chi connectivity index (χ1) is 3.85. The molecule has 3 nitrogen and oxygen atoms in total. The van der Waals surface area contributed by atoms with Crippen LogP contribution in [-0.4, -0.2) is 42.2 Å². The van der Waals surface area contributed by atoms with Gasteiger partial charge in [0.2, 0.25) is 0 Å². The van der Waals surface area contributed by atoms with Crippen molar-refractivity contribution in [3.63, 3.8) is 0 Å². The number of halogens is 1. The molecular weight excluding hydrogens is 142 g/mol. The van der Waals surface area contributed by atoms with Gasteiger partial charge in [0.25, 0.3) is 5.50 Å². The first kappa shape index (κ1) is 8.72.